The Morgan fingerprint density at radius 1 is 1.40 bits per heavy atom. The van der Waals surface area contributed by atoms with Gasteiger partial charge in [0, 0.05) is 18.4 Å². The number of carbonyl (C=O) groups is 2. The first-order chi connectivity index (χ1) is 12.2. The second-order valence-electron chi connectivity index (χ2n) is 5.84. The summed E-state index contributed by atoms with van der Waals surface area (Å²) in [6.45, 7) is 2.28. The molecule has 2 aromatic heterocycles. The molecule has 1 atom stereocenters. The molecular weight excluding hydrogens is 340 g/mol. The minimum absolute atomic E-state index is 0.107. The number of rotatable bonds is 4. The van der Waals surface area contributed by atoms with Crippen molar-refractivity contribution in [1.82, 2.24) is 20.4 Å². The number of aryl methyl sites for hydroxylation is 1. The SMILES string of the molecule is CCc1nnc(NC(=O)C2CC(=O)N(c3n[nH]c4ccccc34)C2)s1. The number of nitrogens with one attached hydrogen (secondary N) is 2. The lowest BCUT2D eigenvalue weighted by Gasteiger charge is -2.13. The van der Waals surface area contributed by atoms with Crippen LogP contribution in [0.2, 0.25) is 0 Å². The zero-order chi connectivity index (χ0) is 17.4. The van der Waals surface area contributed by atoms with E-state index < -0.39 is 5.92 Å². The van der Waals surface area contributed by atoms with Crippen LogP contribution in [0.5, 0.6) is 0 Å². The highest BCUT2D eigenvalue weighted by atomic mass is 32.1. The number of hydrogen-bond acceptors (Lipinski definition) is 6. The topological polar surface area (TPSA) is 104 Å². The number of hydrogen-bond donors (Lipinski definition) is 2. The Kier molecular flexibility index (Phi) is 3.92. The van der Waals surface area contributed by atoms with Gasteiger partial charge in [-0.15, -0.1) is 10.2 Å². The number of aromatic nitrogens is 4. The van der Waals surface area contributed by atoms with E-state index in [0.717, 1.165) is 22.3 Å². The molecule has 0 aliphatic carbocycles. The molecule has 8 nitrogen and oxygen atoms in total. The quantitative estimate of drug-likeness (QED) is 0.744. The number of anilines is 2. The number of para-hydroxylation sites is 1. The van der Waals surface area contributed by atoms with Gasteiger partial charge in [-0.25, -0.2) is 0 Å². The van der Waals surface area contributed by atoms with Crippen LogP contribution in [0.15, 0.2) is 24.3 Å². The van der Waals surface area contributed by atoms with Crippen molar-refractivity contribution in [3.8, 4) is 0 Å². The van der Waals surface area contributed by atoms with Crippen molar-refractivity contribution >= 4 is 45.0 Å². The zero-order valence-electron chi connectivity index (χ0n) is 13.5. The Morgan fingerprint density at radius 2 is 2.24 bits per heavy atom. The molecule has 1 unspecified atom stereocenters. The van der Waals surface area contributed by atoms with Crippen molar-refractivity contribution in [3.05, 3.63) is 29.3 Å². The summed E-state index contributed by atoms with van der Waals surface area (Å²) < 4.78 is 0. The van der Waals surface area contributed by atoms with Crippen molar-refractivity contribution in [1.29, 1.82) is 0 Å². The van der Waals surface area contributed by atoms with Crippen LogP contribution in [0.4, 0.5) is 10.9 Å². The van der Waals surface area contributed by atoms with Crippen LogP contribution >= 0.6 is 11.3 Å². The van der Waals surface area contributed by atoms with Gasteiger partial charge in [0.25, 0.3) is 0 Å². The molecule has 2 amide bonds. The van der Waals surface area contributed by atoms with E-state index in [1.165, 1.54) is 11.3 Å². The molecule has 2 N–H and O–H groups in total. The minimum Gasteiger partial charge on any atom is -0.300 e. The van der Waals surface area contributed by atoms with E-state index in [-0.39, 0.29) is 18.2 Å². The van der Waals surface area contributed by atoms with Gasteiger partial charge in [-0.3, -0.25) is 19.6 Å². The predicted molar refractivity (Wildman–Crippen MR) is 94.5 cm³/mol. The number of H-pyrrole nitrogens is 1. The van der Waals surface area contributed by atoms with Crippen LogP contribution in [0.25, 0.3) is 10.9 Å². The van der Waals surface area contributed by atoms with Crippen LogP contribution in [0, 0.1) is 5.92 Å². The fourth-order valence-electron chi connectivity index (χ4n) is 2.90. The molecule has 3 heterocycles. The van der Waals surface area contributed by atoms with Gasteiger partial charge >= 0.3 is 0 Å². The summed E-state index contributed by atoms with van der Waals surface area (Å²) in [6, 6.07) is 7.60. The molecule has 1 saturated heterocycles. The molecule has 1 aromatic carbocycles. The minimum atomic E-state index is -0.433. The van der Waals surface area contributed by atoms with E-state index in [9.17, 15) is 9.59 Å². The lowest BCUT2D eigenvalue weighted by atomic mass is 10.1. The first kappa shape index (κ1) is 15.7. The standard InChI is InChI=1S/C16H16N6O2S/c1-2-12-19-21-16(25-12)17-15(24)9-7-13(23)22(8-9)14-10-5-3-4-6-11(10)18-20-14/h3-6,9H,2,7-8H2,1H3,(H,18,20)(H,17,21,24). The third kappa shape index (κ3) is 2.86. The summed E-state index contributed by atoms with van der Waals surface area (Å²) in [6.07, 6.45) is 0.932. The fourth-order valence-corrected chi connectivity index (χ4v) is 3.58. The summed E-state index contributed by atoms with van der Waals surface area (Å²) >= 11 is 1.35. The molecule has 1 aliphatic heterocycles. The number of carbonyl (C=O) groups excluding carboxylic acids is 2. The third-order valence-corrected chi connectivity index (χ3v) is 5.18. The van der Waals surface area contributed by atoms with Gasteiger partial charge in [-0.2, -0.15) is 5.10 Å². The highest BCUT2D eigenvalue weighted by Gasteiger charge is 2.37. The molecule has 0 saturated carbocycles. The lowest BCUT2D eigenvalue weighted by molar-refractivity contribution is -0.122. The van der Waals surface area contributed by atoms with Gasteiger partial charge in [-0.05, 0) is 18.6 Å². The number of nitrogens with zero attached hydrogens (tertiary/aromatic N) is 4. The van der Waals surface area contributed by atoms with Crippen LogP contribution < -0.4 is 10.2 Å². The first-order valence-electron chi connectivity index (χ1n) is 8.02. The summed E-state index contributed by atoms with van der Waals surface area (Å²) in [7, 11) is 0. The van der Waals surface area contributed by atoms with Crippen LogP contribution in [-0.4, -0.2) is 38.8 Å². The van der Waals surface area contributed by atoms with E-state index in [1.807, 2.05) is 31.2 Å². The normalized spacial score (nSPS) is 17.4. The average Bonchev–Trinajstić information content (AvgIpc) is 3.32. The molecule has 3 aromatic rings. The van der Waals surface area contributed by atoms with Crippen molar-refractivity contribution in [2.45, 2.75) is 19.8 Å². The van der Waals surface area contributed by atoms with Crippen molar-refractivity contribution < 1.29 is 9.59 Å². The molecule has 25 heavy (non-hydrogen) atoms. The Hall–Kier alpha value is -2.81. The van der Waals surface area contributed by atoms with Gasteiger partial charge < -0.3 is 5.32 Å². The molecule has 0 radical (unpaired) electrons. The molecule has 0 spiro atoms. The largest absolute Gasteiger partial charge is 0.300 e. The Bertz CT molecular complexity index is 949. The van der Waals surface area contributed by atoms with Crippen LogP contribution in [-0.2, 0) is 16.0 Å². The lowest BCUT2D eigenvalue weighted by Crippen LogP contribution is -2.28. The van der Waals surface area contributed by atoms with Gasteiger partial charge in [0.2, 0.25) is 16.9 Å². The highest BCUT2D eigenvalue weighted by Crippen LogP contribution is 2.30. The second kappa shape index (κ2) is 6.25. The van der Waals surface area contributed by atoms with E-state index in [0.29, 0.717) is 17.5 Å². The summed E-state index contributed by atoms with van der Waals surface area (Å²) in [5.41, 5.74) is 0.860. The van der Waals surface area contributed by atoms with Crippen molar-refractivity contribution in [2.24, 2.45) is 5.92 Å². The fraction of sp³-hybridized carbons (Fsp3) is 0.312. The van der Waals surface area contributed by atoms with Gasteiger partial charge in [-0.1, -0.05) is 30.4 Å². The Balaban J connectivity index is 1.51. The maximum Gasteiger partial charge on any atom is 0.231 e. The maximum absolute atomic E-state index is 12.5. The Morgan fingerprint density at radius 3 is 3.04 bits per heavy atom. The third-order valence-electron chi connectivity index (χ3n) is 4.20. The van der Waals surface area contributed by atoms with E-state index in [1.54, 1.807) is 4.90 Å². The van der Waals surface area contributed by atoms with E-state index >= 15 is 0 Å². The van der Waals surface area contributed by atoms with Crippen LogP contribution in [0.3, 0.4) is 0 Å². The summed E-state index contributed by atoms with van der Waals surface area (Å²) in [4.78, 5) is 26.4. The Labute approximate surface area is 147 Å². The number of benzene rings is 1. The van der Waals surface area contributed by atoms with Crippen molar-refractivity contribution in [2.75, 3.05) is 16.8 Å². The predicted octanol–water partition coefficient (Wildman–Crippen LogP) is 1.97. The highest BCUT2D eigenvalue weighted by molar-refractivity contribution is 7.15. The van der Waals surface area contributed by atoms with Gasteiger partial charge in [0.15, 0.2) is 5.82 Å². The molecule has 9 heteroatoms. The average molecular weight is 356 g/mol. The van der Waals surface area contributed by atoms with E-state index in [2.05, 4.69) is 25.7 Å². The molecular formula is C16H16N6O2S. The summed E-state index contributed by atoms with van der Waals surface area (Å²) in [5.74, 6) is -0.185. The molecule has 1 fully saturated rings. The number of fused-ring (bicyclic) bond motifs is 1. The first-order valence-corrected chi connectivity index (χ1v) is 8.84. The van der Waals surface area contributed by atoms with Gasteiger partial charge in [0.05, 0.1) is 11.4 Å². The molecule has 0 bridgehead atoms. The summed E-state index contributed by atoms with van der Waals surface area (Å²) in [5, 5.41) is 20.1. The maximum atomic E-state index is 12.5. The smallest absolute Gasteiger partial charge is 0.231 e. The number of amides is 2. The number of aromatic amines is 1. The monoisotopic (exact) mass is 356 g/mol. The van der Waals surface area contributed by atoms with Crippen LogP contribution in [0.1, 0.15) is 18.4 Å². The van der Waals surface area contributed by atoms with Gasteiger partial charge in [0.1, 0.15) is 5.01 Å². The molecule has 128 valence electrons. The zero-order valence-corrected chi connectivity index (χ0v) is 14.3. The van der Waals surface area contributed by atoms with Crippen molar-refractivity contribution in [3.63, 3.8) is 0 Å². The van der Waals surface area contributed by atoms with E-state index in [4.69, 9.17) is 0 Å². The second-order valence-corrected chi connectivity index (χ2v) is 6.90. The molecule has 1 aliphatic rings. The molecule has 4 rings (SSSR count).